The molecular formula is C24H16N2S. The molecule has 0 bridgehead atoms. The molecule has 1 aliphatic rings. The highest BCUT2D eigenvalue weighted by Gasteiger charge is 2.20. The van der Waals surface area contributed by atoms with E-state index in [4.69, 9.17) is 0 Å². The van der Waals surface area contributed by atoms with Crippen molar-refractivity contribution >= 4 is 44.9 Å². The molecular weight excluding hydrogens is 348 g/mol. The van der Waals surface area contributed by atoms with Gasteiger partial charge in [0.05, 0.1) is 16.9 Å². The van der Waals surface area contributed by atoms with Crippen LogP contribution < -0.4 is 5.32 Å². The summed E-state index contributed by atoms with van der Waals surface area (Å²) in [5.41, 5.74) is 7.19. The van der Waals surface area contributed by atoms with Gasteiger partial charge in [-0.2, -0.15) is 0 Å². The van der Waals surface area contributed by atoms with Crippen molar-refractivity contribution in [1.82, 2.24) is 4.98 Å². The molecule has 1 aromatic heterocycles. The van der Waals surface area contributed by atoms with Crippen molar-refractivity contribution in [2.75, 3.05) is 5.32 Å². The minimum Gasteiger partial charge on any atom is -0.354 e. The van der Waals surface area contributed by atoms with Gasteiger partial charge in [0.15, 0.2) is 0 Å². The third-order valence-corrected chi connectivity index (χ3v) is 6.36. The van der Waals surface area contributed by atoms with E-state index in [1.165, 1.54) is 54.1 Å². The first kappa shape index (κ1) is 14.9. The molecule has 0 spiro atoms. The van der Waals surface area contributed by atoms with Gasteiger partial charge in [0, 0.05) is 37.2 Å². The number of aromatic amines is 1. The summed E-state index contributed by atoms with van der Waals surface area (Å²) >= 11 is 1.83. The first-order valence-electron chi connectivity index (χ1n) is 9.05. The molecule has 1 aliphatic heterocycles. The van der Waals surface area contributed by atoms with Crippen LogP contribution in [0.4, 0.5) is 11.4 Å². The predicted molar refractivity (Wildman–Crippen MR) is 115 cm³/mol. The van der Waals surface area contributed by atoms with E-state index >= 15 is 0 Å². The van der Waals surface area contributed by atoms with Gasteiger partial charge in [0.2, 0.25) is 0 Å². The number of para-hydroxylation sites is 4. The van der Waals surface area contributed by atoms with E-state index in [-0.39, 0.29) is 0 Å². The molecule has 6 rings (SSSR count). The summed E-state index contributed by atoms with van der Waals surface area (Å²) in [6.45, 7) is 0. The van der Waals surface area contributed by atoms with Crippen molar-refractivity contribution in [2.24, 2.45) is 0 Å². The Bertz CT molecular complexity index is 1330. The fraction of sp³-hybridized carbons (Fsp3) is 0. The molecule has 2 N–H and O–H groups in total. The van der Waals surface area contributed by atoms with Gasteiger partial charge in [-0.25, -0.2) is 0 Å². The minimum atomic E-state index is 1.17. The van der Waals surface area contributed by atoms with Gasteiger partial charge in [-0.15, -0.1) is 0 Å². The second-order valence-corrected chi connectivity index (χ2v) is 7.88. The summed E-state index contributed by atoms with van der Waals surface area (Å²) in [5, 5.41) is 6.21. The lowest BCUT2D eigenvalue weighted by Gasteiger charge is -2.23. The van der Waals surface area contributed by atoms with Crippen LogP contribution in [0.5, 0.6) is 0 Å². The van der Waals surface area contributed by atoms with Gasteiger partial charge < -0.3 is 10.3 Å². The van der Waals surface area contributed by atoms with Crippen LogP contribution in [0, 0.1) is 0 Å². The number of rotatable bonds is 1. The number of nitrogens with one attached hydrogen (secondary N) is 2. The number of fused-ring (bicyclic) bond motifs is 5. The molecule has 0 radical (unpaired) electrons. The molecule has 0 atom stereocenters. The van der Waals surface area contributed by atoms with Crippen LogP contribution in [-0.2, 0) is 0 Å². The van der Waals surface area contributed by atoms with Crippen molar-refractivity contribution in [3.63, 3.8) is 0 Å². The lowest BCUT2D eigenvalue weighted by Crippen LogP contribution is -2.01. The van der Waals surface area contributed by atoms with Crippen molar-refractivity contribution in [1.29, 1.82) is 0 Å². The van der Waals surface area contributed by atoms with Crippen LogP contribution in [0.3, 0.4) is 0 Å². The van der Waals surface area contributed by atoms with Crippen LogP contribution in [-0.4, -0.2) is 4.98 Å². The Hall–Kier alpha value is -3.17. The van der Waals surface area contributed by atoms with Gasteiger partial charge in [-0.1, -0.05) is 72.4 Å². The van der Waals surface area contributed by atoms with Crippen molar-refractivity contribution in [3.8, 4) is 11.1 Å². The zero-order valence-corrected chi connectivity index (χ0v) is 15.3. The number of aromatic nitrogens is 1. The normalized spacial score (nSPS) is 12.6. The highest BCUT2D eigenvalue weighted by molar-refractivity contribution is 7.99. The Balaban J connectivity index is 1.61. The predicted octanol–water partition coefficient (Wildman–Crippen LogP) is 7.20. The lowest BCUT2D eigenvalue weighted by atomic mass is 10.00. The summed E-state index contributed by atoms with van der Waals surface area (Å²) < 4.78 is 0. The molecule has 27 heavy (non-hydrogen) atoms. The molecule has 5 aromatic rings. The van der Waals surface area contributed by atoms with Crippen LogP contribution in [0.1, 0.15) is 0 Å². The molecule has 0 fully saturated rings. The van der Waals surface area contributed by atoms with Crippen LogP contribution in [0.15, 0.2) is 94.7 Å². The average Bonchev–Trinajstić information content (AvgIpc) is 3.11. The molecule has 128 valence electrons. The standard InChI is InChI=1S/C24H16N2S/c1-2-11-19-15(7-1)16-8-5-9-17(23(16)25-19)18-10-6-14-22-24(18)26-20-12-3-4-13-21(20)27-22/h1-14,25-26H. The molecule has 2 nitrogen and oxygen atoms in total. The molecule has 2 heterocycles. The second kappa shape index (κ2) is 5.66. The van der Waals surface area contributed by atoms with E-state index in [9.17, 15) is 0 Å². The van der Waals surface area contributed by atoms with Gasteiger partial charge in [0.25, 0.3) is 0 Å². The van der Waals surface area contributed by atoms with Crippen LogP contribution in [0.25, 0.3) is 32.9 Å². The van der Waals surface area contributed by atoms with E-state index in [1.807, 2.05) is 11.8 Å². The number of anilines is 2. The highest BCUT2D eigenvalue weighted by atomic mass is 32.2. The van der Waals surface area contributed by atoms with E-state index in [1.54, 1.807) is 0 Å². The largest absolute Gasteiger partial charge is 0.354 e. The number of hydrogen-bond donors (Lipinski definition) is 2. The summed E-state index contributed by atoms with van der Waals surface area (Å²) in [6, 6.07) is 30.1. The number of hydrogen-bond acceptors (Lipinski definition) is 2. The Morgan fingerprint density at radius 1 is 0.593 bits per heavy atom. The maximum atomic E-state index is 3.67. The van der Waals surface area contributed by atoms with Crippen molar-refractivity contribution < 1.29 is 0 Å². The van der Waals surface area contributed by atoms with Gasteiger partial charge in [-0.05, 0) is 24.3 Å². The second-order valence-electron chi connectivity index (χ2n) is 6.80. The van der Waals surface area contributed by atoms with Gasteiger partial charge >= 0.3 is 0 Å². The first-order chi connectivity index (χ1) is 13.4. The van der Waals surface area contributed by atoms with Gasteiger partial charge in [-0.3, -0.25) is 0 Å². The third kappa shape index (κ3) is 2.22. The third-order valence-electron chi connectivity index (χ3n) is 5.22. The van der Waals surface area contributed by atoms with Crippen LogP contribution in [0.2, 0.25) is 0 Å². The summed E-state index contributed by atoms with van der Waals surface area (Å²) in [4.78, 5) is 6.17. The zero-order valence-electron chi connectivity index (χ0n) is 14.5. The topological polar surface area (TPSA) is 27.8 Å². The maximum Gasteiger partial charge on any atom is 0.0606 e. The van der Waals surface area contributed by atoms with Gasteiger partial charge in [0.1, 0.15) is 0 Å². The van der Waals surface area contributed by atoms with Crippen LogP contribution >= 0.6 is 11.8 Å². The van der Waals surface area contributed by atoms with E-state index < -0.39 is 0 Å². The molecule has 3 heteroatoms. The fourth-order valence-electron chi connectivity index (χ4n) is 3.98. The molecule has 0 amide bonds. The Morgan fingerprint density at radius 3 is 2.33 bits per heavy atom. The van der Waals surface area contributed by atoms with E-state index in [2.05, 4.69) is 95.2 Å². The van der Waals surface area contributed by atoms with E-state index in [0.29, 0.717) is 0 Å². The molecule has 4 aromatic carbocycles. The Morgan fingerprint density at radius 2 is 1.33 bits per heavy atom. The molecule has 0 saturated carbocycles. The molecule has 0 aliphatic carbocycles. The zero-order chi connectivity index (χ0) is 17.8. The minimum absolute atomic E-state index is 1.17. The molecule has 0 saturated heterocycles. The quantitative estimate of drug-likeness (QED) is 0.323. The fourth-order valence-corrected chi connectivity index (χ4v) is 5.00. The number of benzene rings is 4. The maximum absolute atomic E-state index is 3.67. The first-order valence-corrected chi connectivity index (χ1v) is 9.87. The summed E-state index contributed by atoms with van der Waals surface area (Å²) in [7, 11) is 0. The van der Waals surface area contributed by atoms with Crippen molar-refractivity contribution in [2.45, 2.75) is 9.79 Å². The Labute approximate surface area is 161 Å². The SMILES string of the molecule is c1ccc2c(c1)Nc1c(cccc1-c1cccc3c1[nH]c1ccccc13)S2. The average molecular weight is 364 g/mol. The van der Waals surface area contributed by atoms with Crippen molar-refractivity contribution in [3.05, 3.63) is 84.9 Å². The highest BCUT2D eigenvalue weighted by Crippen LogP contribution is 2.48. The molecule has 0 unspecified atom stereocenters. The number of H-pyrrole nitrogens is 1. The Kier molecular flexibility index (Phi) is 3.13. The lowest BCUT2D eigenvalue weighted by molar-refractivity contribution is 1.31. The summed E-state index contributed by atoms with van der Waals surface area (Å²) in [5.74, 6) is 0. The smallest absolute Gasteiger partial charge is 0.0606 e. The van der Waals surface area contributed by atoms with E-state index in [0.717, 1.165) is 0 Å². The monoisotopic (exact) mass is 364 g/mol. The summed E-state index contributed by atoms with van der Waals surface area (Å²) in [6.07, 6.45) is 0.